The van der Waals surface area contributed by atoms with Gasteiger partial charge >= 0.3 is 6.09 Å². The molecule has 1 aromatic heterocycles. The summed E-state index contributed by atoms with van der Waals surface area (Å²) in [6, 6.07) is 4.62. The van der Waals surface area contributed by atoms with Crippen molar-refractivity contribution in [2.24, 2.45) is 0 Å². The second kappa shape index (κ2) is 6.93. The Morgan fingerprint density at radius 1 is 1.38 bits per heavy atom. The molecule has 1 aromatic carbocycles. The molecule has 7 heteroatoms. The van der Waals surface area contributed by atoms with Gasteiger partial charge in [0.25, 0.3) is 0 Å². The Kier molecular flexibility index (Phi) is 5.32. The molecule has 0 aliphatic carbocycles. The summed E-state index contributed by atoms with van der Waals surface area (Å²) in [4.78, 5) is 19.4. The fourth-order valence-electron chi connectivity index (χ4n) is 2.39. The second-order valence-electron chi connectivity index (χ2n) is 6.80. The summed E-state index contributed by atoms with van der Waals surface area (Å²) >= 11 is 3.35. The summed E-state index contributed by atoms with van der Waals surface area (Å²) in [5, 5.41) is 2.79. The molecule has 0 bridgehead atoms. The molecule has 1 heterocycles. The monoisotopic (exact) mass is 397 g/mol. The molecule has 2 aromatic rings. The van der Waals surface area contributed by atoms with Gasteiger partial charge in [-0.1, -0.05) is 15.9 Å². The zero-order valence-electron chi connectivity index (χ0n) is 14.1. The van der Waals surface area contributed by atoms with Crippen LogP contribution in [0.3, 0.4) is 0 Å². The van der Waals surface area contributed by atoms with Crippen LogP contribution in [0.2, 0.25) is 0 Å². The van der Waals surface area contributed by atoms with Gasteiger partial charge in [-0.15, -0.1) is 0 Å². The van der Waals surface area contributed by atoms with Crippen molar-refractivity contribution in [1.29, 1.82) is 0 Å². The first kappa shape index (κ1) is 18.4. The van der Waals surface area contributed by atoms with Gasteiger partial charge in [0.15, 0.2) is 0 Å². The van der Waals surface area contributed by atoms with Gasteiger partial charge in [-0.25, -0.2) is 14.2 Å². The average Bonchev–Trinajstić information content (AvgIpc) is 2.91. The van der Waals surface area contributed by atoms with Crippen LogP contribution < -0.4 is 5.32 Å². The van der Waals surface area contributed by atoms with Gasteiger partial charge in [-0.2, -0.15) is 0 Å². The van der Waals surface area contributed by atoms with Gasteiger partial charge < -0.3 is 15.0 Å². The van der Waals surface area contributed by atoms with Crippen molar-refractivity contribution >= 4 is 22.0 Å². The lowest BCUT2D eigenvalue weighted by Crippen LogP contribution is -2.48. The zero-order chi connectivity index (χ0) is 18.0. The highest BCUT2D eigenvalue weighted by Crippen LogP contribution is 2.30. The molecule has 0 spiro atoms. The summed E-state index contributed by atoms with van der Waals surface area (Å²) in [6.45, 7) is 7.06. The van der Waals surface area contributed by atoms with Gasteiger partial charge in [-0.3, -0.25) is 0 Å². The number of carbonyl (C=O) groups excluding carboxylic acids is 1. The van der Waals surface area contributed by atoms with E-state index in [-0.39, 0.29) is 6.42 Å². The number of H-pyrrole nitrogens is 1. The molecule has 0 aliphatic rings. The third kappa shape index (κ3) is 4.80. The van der Waals surface area contributed by atoms with Crippen molar-refractivity contribution < 1.29 is 13.9 Å². The lowest BCUT2D eigenvalue weighted by atomic mass is 9.88. The molecule has 0 fully saturated rings. The summed E-state index contributed by atoms with van der Waals surface area (Å²) in [6.07, 6.45) is 2.96. The maximum atomic E-state index is 14.4. The highest BCUT2D eigenvalue weighted by Gasteiger charge is 2.34. The lowest BCUT2D eigenvalue weighted by Gasteiger charge is -2.32. The topological polar surface area (TPSA) is 67.0 Å². The van der Waals surface area contributed by atoms with E-state index in [1.807, 2.05) is 0 Å². The smallest absolute Gasteiger partial charge is 0.408 e. The Hall–Kier alpha value is -1.89. The molecule has 0 aliphatic heterocycles. The molecular weight excluding hydrogens is 377 g/mol. The van der Waals surface area contributed by atoms with E-state index < -0.39 is 23.1 Å². The van der Waals surface area contributed by atoms with Crippen LogP contribution in [0.1, 0.15) is 39.1 Å². The zero-order valence-corrected chi connectivity index (χ0v) is 15.7. The van der Waals surface area contributed by atoms with Crippen molar-refractivity contribution in [2.75, 3.05) is 0 Å². The molecule has 2 N–H and O–H groups in total. The maximum absolute atomic E-state index is 14.4. The number of hydrogen-bond donors (Lipinski definition) is 2. The Labute approximate surface area is 149 Å². The van der Waals surface area contributed by atoms with E-state index in [4.69, 9.17) is 4.74 Å². The van der Waals surface area contributed by atoms with Crippen molar-refractivity contribution in [1.82, 2.24) is 15.3 Å². The summed E-state index contributed by atoms with van der Waals surface area (Å²) in [5.41, 5.74) is -1.33. The number of nitrogens with one attached hydrogen (secondary N) is 2. The van der Waals surface area contributed by atoms with E-state index in [1.165, 1.54) is 6.07 Å². The van der Waals surface area contributed by atoms with Gasteiger partial charge in [-0.05, 0) is 45.9 Å². The number of rotatable bonds is 4. The molecule has 0 saturated heterocycles. The predicted octanol–water partition coefficient (Wildman–Crippen LogP) is 4.29. The first-order valence-corrected chi connectivity index (χ1v) is 8.33. The van der Waals surface area contributed by atoms with Crippen LogP contribution in [0.15, 0.2) is 35.1 Å². The normalized spacial score (nSPS) is 14.1. The summed E-state index contributed by atoms with van der Waals surface area (Å²) in [5.74, 6) is 0.219. The molecule has 0 saturated carbocycles. The van der Waals surface area contributed by atoms with Crippen molar-refractivity contribution in [3.63, 3.8) is 0 Å². The number of aromatic nitrogens is 2. The predicted molar refractivity (Wildman–Crippen MR) is 93.1 cm³/mol. The molecule has 130 valence electrons. The van der Waals surface area contributed by atoms with Crippen LogP contribution in [0.5, 0.6) is 0 Å². The molecule has 0 unspecified atom stereocenters. The molecule has 2 rings (SSSR count). The van der Waals surface area contributed by atoms with E-state index in [0.29, 0.717) is 11.4 Å². The van der Waals surface area contributed by atoms with E-state index in [2.05, 4.69) is 31.2 Å². The Balaban J connectivity index is 2.37. The van der Waals surface area contributed by atoms with Gasteiger partial charge in [0.05, 0.1) is 5.54 Å². The van der Waals surface area contributed by atoms with Crippen LogP contribution in [0.25, 0.3) is 0 Å². The number of alkyl carbamates (subject to hydrolysis) is 1. The minimum absolute atomic E-state index is 0.284. The van der Waals surface area contributed by atoms with Crippen LogP contribution in [0.4, 0.5) is 9.18 Å². The lowest BCUT2D eigenvalue weighted by molar-refractivity contribution is 0.0458. The fraction of sp³-hybridized carbons (Fsp3) is 0.412. The maximum Gasteiger partial charge on any atom is 0.408 e. The van der Waals surface area contributed by atoms with Crippen molar-refractivity contribution in [3.8, 4) is 0 Å². The van der Waals surface area contributed by atoms with Gasteiger partial charge in [0.1, 0.15) is 17.2 Å². The van der Waals surface area contributed by atoms with E-state index >= 15 is 0 Å². The van der Waals surface area contributed by atoms with E-state index in [1.54, 1.807) is 52.2 Å². The van der Waals surface area contributed by atoms with Crippen LogP contribution in [-0.4, -0.2) is 21.7 Å². The van der Waals surface area contributed by atoms with E-state index in [0.717, 1.165) is 4.47 Å². The number of halogens is 2. The largest absolute Gasteiger partial charge is 0.444 e. The number of imidazole rings is 1. The van der Waals surface area contributed by atoms with Crippen molar-refractivity contribution in [3.05, 3.63) is 52.3 Å². The highest BCUT2D eigenvalue weighted by atomic mass is 79.9. The Morgan fingerprint density at radius 3 is 2.67 bits per heavy atom. The fourth-order valence-corrected chi connectivity index (χ4v) is 2.75. The number of carbonyl (C=O) groups is 1. The van der Waals surface area contributed by atoms with Gasteiger partial charge in [0, 0.05) is 28.9 Å². The molecule has 1 atom stereocenters. The average molecular weight is 398 g/mol. The Bertz CT molecular complexity index is 713. The number of amides is 1. The number of ether oxygens (including phenoxy) is 1. The molecule has 24 heavy (non-hydrogen) atoms. The first-order valence-electron chi connectivity index (χ1n) is 7.54. The second-order valence-corrected chi connectivity index (χ2v) is 7.71. The Morgan fingerprint density at radius 2 is 2.08 bits per heavy atom. The quantitative estimate of drug-likeness (QED) is 0.808. The van der Waals surface area contributed by atoms with Crippen LogP contribution >= 0.6 is 15.9 Å². The first-order chi connectivity index (χ1) is 11.1. The molecular formula is C17H21BrFN3O2. The van der Waals surface area contributed by atoms with E-state index in [9.17, 15) is 9.18 Å². The number of hydrogen-bond acceptors (Lipinski definition) is 3. The van der Waals surface area contributed by atoms with Crippen LogP contribution in [-0.2, 0) is 16.7 Å². The van der Waals surface area contributed by atoms with Crippen molar-refractivity contribution in [2.45, 2.75) is 45.3 Å². The standard InChI is InChI=1S/C17H21BrFN3O2/c1-16(2,3)24-15(23)22-17(4,10-14-20-7-8-21-14)12-9-11(18)5-6-13(12)19/h5-9H,10H2,1-4H3,(H,20,21)(H,22,23)/t17-/m0/s1. The number of aromatic amines is 1. The van der Waals surface area contributed by atoms with Gasteiger partial charge in [0.2, 0.25) is 0 Å². The third-order valence-electron chi connectivity index (χ3n) is 3.38. The number of nitrogens with zero attached hydrogens (tertiary/aromatic N) is 1. The molecule has 1 amide bonds. The third-order valence-corrected chi connectivity index (χ3v) is 3.87. The number of benzene rings is 1. The SMILES string of the molecule is CC(C)(C)OC(=O)N[C@@](C)(Cc1ncc[nH]1)c1cc(Br)ccc1F. The summed E-state index contributed by atoms with van der Waals surface area (Å²) < 4.78 is 20.5. The molecule has 0 radical (unpaired) electrons. The minimum Gasteiger partial charge on any atom is -0.444 e. The molecule has 5 nitrogen and oxygen atoms in total. The summed E-state index contributed by atoms with van der Waals surface area (Å²) in [7, 11) is 0. The highest BCUT2D eigenvalue weighted by molar-refractivity contribution is 9.10. The minimum atomic E-state index is -1.03. The van der Waals surface area contributed by atoms with Crippen LogP contribution in [0, 0.1) is 5.82 Å².